The number of rotatable bonds is 5. The Hall–Kier alpha value is -0.830. The standard InChI is InChI=1S/C27H44O3/c1-17(6-5-7-18(2)25(29)30)22-10-11-23-21-9-8-19-16-20(28)12-14-26(19,3)24(21)13-15-27(22,23)4/h7,17,19-24,28H,5-6,8-16H2,1-4H3,(H,29,30)/b18-7-/t17-,19-,20-,21+,22-,23+,24+,26+,27-/m1/s1. The Morgan fingerprint density at radius 3 is 2.47 bits per heavy atom. The van der Waals surface area contributed by atoms with Crippen molar-refractivity contribution < 1.29 is 15.0 Å². The van der Waals surface area contributed by atoms with Gasteiger partial charge in [0.05, 0.1) is 6.10 Å². The van der Waals surface area contributed by atoms with Gasteiger partial charge in [-0.3, -0.25) is 0 Å². The number of hydrogen-bond acceptors (Lipinski definition) is 2. The number of aliphatic carboxylic acids is 1. The van der Waals surface area contributed by atoms with E-state index in [1.54, 1.807) is 6.92 Å². The molecular weight excluding hydrogens is 372 g/mol. The predicted molar refractivity (Wildman–Crippen MR) is 121 cm³/mol. The number of allylic oxidation sites excluding steroid dienone is 1. The third-order valence-corrected chi connectivity index (χ3v) is 10.8. The van der Waals surface area contributed by atoms with Crippen LogP contribution in [0.5, 0.6) is 0 Å². The first-order valence-electron chi connectivity index (χ1n) is 12.7. The molecule has 0 bridgehead atoms. The van der Waals surface area contributed by atoms with Crippen LogP contribution in [0.4, 0.5) is 0 Å². The van der Waals surface area contributed by atoms with Crippen molar-refractivity contribution in [3.05, 3.63) is 11.6 Å². The Bertz CT molecular complexity index is 684. The van der Waals surface area contributed by atoms with Crippen LogP contribution in [-0.4, -0.2) is 22.3 Å². The Morgan fingerprint density at radius 2 is 1.73 bits per heavy atom. The number of hydrogen-bond donors (Lipinski definition) is 2. The molecule has 3 nitrogen and oxygen atoms in total. The minimum atomic E-state index is -0.784. The van der Waals surface area contributed by atoms with E-state index in [-0.39, 0.29) is 6.10 Å². The van der Waals surface area contributed by atoms with Crippen LogP contribution in [0.15, 0.2) is 11.6 Å². The van der Waals surface area contributed by atoms with Crippen molar-refractivity contribution >= 4 is 5.97 Å². The van der Waals surface area contributed by atoms with Crippen molar-refractivity contribution in [1.29, 1.82) is 0 Å². The molecule has 0 heterocycles. The summed E-state index contributed by atoms with van der Waals surface area (Å²) in [7, 11) is 0. The summed E-state index contributed by atoms with van der Waals surface area (Å²) in [6, 6.07) is 0. The number of carboxylic acids is 1. The fraction of sp³-hybridized carbons (Fsp3) is 0.889. The second-order valence-corrected chi connectivity index (χ2v) is 12.1. The number of aliphatic hydroxyl groups excluding tert-OH is 1. The van der Waals surface area contributed by atoms with Crippen LogP contribution >= 0.6 is 0 Å². The summed E-state index contributed by atoms with van der Waals surface area (Å²) in [5.74, 6) is 4.07. The number of carbonyl (C=O) groups is 1. The summed E-state index contributed by atoms with van der Waals surface area (Å²) in [5, 5.41) is 19.3. The van der Waals surface area contributed by atoms with Gasteiger partial charge in [-0.05, 0) is 124 Å². The molecule has 0 spiro atoms. The van der Waals surface area contributed by atoms with E-state index in [0.29, 0.717) is 22.3 Å². The minimum absolute atomic E-state index is 0.0518. The van der Waals surface area contributed by atoms with Gasteiger partial charge in [-0.2, -0.15) is 0 Å². The van der Waals surface area contributed by atoms with Crippen molar-refractivity contribution in [3.8, 4) is 0 Å². The summed E-state index contributed by atoms with van der Waals surface area (Å²) >= 11 is 0. The molecular formula is C27H44O3. The zero-order valence-corrected chi connectivity index (χ0v) is 19.7. The third-order valence-electron chi connectivity index (χ3n) is 10.8. The Morgan fingerprint density at radius 1 is 1.03 bits per heavy atom. The molecule has 0 aromatic rings. The van der Waals surface area contributed by atoms with E-state index in [2.05, 4.69) is 20.8 Å². The molecule has 0 radical (unpaired) electrons. The van der Waals surface area contributed by atoms with Crippen LogP contribution in [-0.2, 0) is 4.79 Å². The highest BCUT2D eigenvalue weighted by atomic mass is 16.4. The second kappa shape index (κ2) is 8.26. The average molecular weight is 417 g/mol. The van der Waals surface area contributed by atoms with Gasteiger partial charge in [0.15, 0.2) is 0 Å². The van der Waals surface area contributed by atoms with Gasteiger partial charge in [-0.1, -0.05) is 26.8 Å². The van der Waals surface area contributed by atoms with E-state index in [1.165, 1.54) is 44.9 Å². The highest BCUT2D eigenvalue weighted by Crippen LogP contribution is 2.68. The van der Waals surface area contributed by atoms with E-state index in [1.807, 2.05) is 6.08 Å². The topological polar surface area (TPSA) is 57.5 Å². The summed E-state index contributed by atoms with van der Waals surface area (Å²) in [6.45, 7) is 9.33. The highest BCUT2D eigenvalue weighted by Gasteiger charge is 2.60. The first kappa shape index (κ1) is 22.4. The highest BCUT2D eigenvalue weighted by molar-refractivity contribution is 5.85. The summed E-state index contributed by atoms with van der Waals surface area (Å²) in [4.78, 5) is 11.1. The van der Waals surface area contributed by atoms with Crippen LogP contribution in [0.2, 0.25) is 0 Å². The van der Waals surface area contributed by atoms with E-state index in [4.69, 9.17) is 5.11 Å². The lowest BCUT2D eigenvalue weighted by Crippen LogP contribution is -2.54. The normalized spacial score (nSPS) is 47.2. The molecule has 0 aromatic carbocycles. The molecule has 0 amide bonds. The maximum atomic E-state index is 11.1. The SMILES string of the molecule is C/C(=C/CC[C@@H](C)[C@H]1CC[C@H]2[C@@H]3CC[C@@H]4C[C@H](O)CC[C@]4(C)[C@H]3CC[C@]12C)C(=O)O. The van der Waals surface area contributed by atoms with E-state index >= 15 is 0 Å². The molecule has 0 aliphatic heterocycles. The second-order valence-electron chi connectivity index (χ2n) is 12.1. The van der Waals surface area contributed by atoms with Gasteiger partial charge in [0.1, 0.15) is 0 Å². The van der Waals surface area contributed by atoms with Crippen LogP contribution < -0.4 is 0 Å². The molecule has 4 saturated carbocycles. The summed E-state index contributed by atoms with van der Waals surface area (Å²) in [6.07, 6.45) is 15.4. The average Bonchev–Trinajstić information content (AvgIpc) is 3.05. The predicted octanol–water partition coefficient (Wildman–Crippen LogP) is 6.45. The molecule has 4 rings (SSSR count). The summed E-state index contributed by atoms with van der Waals surface area (Å²) < 4.78 is 0. The molecule has 30 heavy (non-hydrogen) atoms. The zero-order chi connectivity index (χ0) is 21.7. The Balaban J connectivity index is 1.45. The molecule has 0 saturated heterocycles. The first-order chi connectivity index (χ1) is 14.2. The van der Waals surface area contributed by atoms with Crippen LogP contribution in [0.25, 0.3) is 0 Å². The van der Waals surface area contributed by atoms with Gasteiger partial charge in [-0.15, -0.1) is 0 Å². The van der Waals surface area contributed by atoms with Crippen LogP contribution in [0, 0.1) is 46.3 Å². The van der Waals surface area contributed by atoms with Gasteiger partial charge in [0.2, 0.25) is 0 Å². The molecule has 3 heteroatoms. The van der Waals surface area contributed by atoms with Crippen molar-refractivity contribution in [2.45, 2.75) is 104 Å². The van der Waals surface area contributed by atoms with Crippen LogP contribution in [0.1, 0.15) is 98.3 Å². The van der Waals surface area contributed by atoms with E-state index in [9.17, 15) is 9.90 Å². The smallest absolute Gasteiger partial charge is 0.330 e. The number of aliphatic hydroxyl groups is 1. The van der Waals surface area contributed by atoms with Gasteiger partial charge in [0.25, 0.3) is 0 Å². The molecule has 0 aromatic heterocycles. The molecule has 4 aliphatic rings. The quantitative estimate of drug-likeness (QED) is 0.506. The lowest BCUT2D eigenvalue weighted by atomic mass is 9.44. The maximum absolute atomic E-state index is 11.1. The van der Waals surface area contributed by atoms with Crippen molar-refractivity contribution in [2.75, 3.05) is 0 Å². The minimum Gasteiger partial charge on any atom is -0.478 e. The van der Waals surface area contributed by atoms with Crippen molar-refractivity contribution in [2.24, 2.45) is 46.3 Å². The summed E-state index contributed by atoms with van der Waals surface area (Å²) in [5.41, 5.74) is 1.43. The molecule has 9 atom stereocenters. The molecule has 170 valence electrons. The van der Waals surface area contributed by atoms with Crippen molar-refractivity contribution in [1.82, 2.24) is 0 Å². The molecule has 4 fully saturated rings. The largest absolute Gasteiger partial charge is 0.478 e. The number of fused-ring (bicyclic) bond motifs is 5. The Kier molecular flexibility index (Phi) is 6.16. The lowest BCUT2D eigenvalue weighted by molar-refractivity contribution is -0.132. The monoisotopic (exact) mass is 416 g/mol. The zero-order valence-electron chi connectivity index (χ0n) is 19.7. The van der Waals surface area contributed by atoms with Crippen LogP contribution in [0.3, 0.4) is 0 Å². The van der Waals surface area contributed by atoms with Gasteiger partial charge < -0.3 is 10.2 Å². The van der Waals surface area contributed by atoms with Gasteiger partial charge in [-0.25, -0.2) is 4.79 Å². The molecule has 2 N–H and O–H groups in total. The van der Waals surface area contributed by atoms with E-state index in [0.717, 1.165) is 55.3 Å². The maximum Gasteiger partial charge on any atom is 0.330 e. The van der Waals surface area contributed by atoms with Gasteiger partial charge in [0, 0.05) is 5.57 Å². The third kappa shape index (κ3) is 3.67. The molecule has 0 unspecified atom stereocenters. The Labute approximate surface area is 183 Å². The van der Waals surface area contributed by atoms with Gasteiger partial charge >= 0.3 is 5.97 Å². The number of carboxylic acid groups (broad SMARTS) is 1. The lowest BCUT2D eigenvalue weighted by Gasteiger charge is -2.61. The fourth-order valence-electron chi connectivity index (χ4n) is 9.06. The first-order valence-corrected chi connectivity index (χ1v) is 12.7. The van der Waals surface area contributed by atoms with Crippen molar-refractivity contribution in [3.63, 3.8) is 0 Å². The van der Waals surface area contributed by atoms with E-state index < -0.39 is 5.97 Å². The molecule has 4 aliphatic carbocycles. The fourth-order valence-corrected chi connectivity index (χ4v) is 9.06.